The average Bonchev–Trinajstić information content (AvgIpc) is 3.52. The van der Waals surface area contributed by atoms with Gasteiger partial charge in [-0.3, -0.25) is 0 Å². The lowest BCUT2D eigenvalue weighted by Crippen LogP contribution is -2.34. The van der Waals surface area contributed by atoms with Gasteiger partial charge in [-0.05, 0) is 39.7 Å². The molecule has 5 rings (SSSR count). The molecule has 238 valence electrons. The van der Waals surface area contributed by atoms with E-state index in [0.29, 0.717) is 81.5 Å². The highest BCUT2D eigenvalue weighted by molar-refractivity contribution is 5.79. The highest BCUT2D eigenvalue weighted by Gasteiger charge is 2.24. The Balaban J connectivity index is 1.04. The molecule has 0 saturated heterocycles. The van der Waals surface area contributed by atoms with E-state index in [4.69, 9.17) is 24.2 Å². The summed E-state index contributed by atoms with van der Waals surface area (Å²) in [4.78, 5) is 20.6. The lowest BCUT2D eigenvalue weighted by Gasteiger charge is -2.19. The number of fused-ring (bicyclic) bond motifs is 1. The van der Waals surface area contributed by atoms with Gasteiger partial charge < -0.3 is 29.6 Å². The van der Waals surface area contributed by atoms with Crippen molar-refractivity contribution in [1.29, 1.82) is 5.26 Å². The number of amides is 1. The second-order valence-electron chi connectivity index (χ2n) is 11.4. The summed E-state index contributed by atoms with van der Waals surface area (Å²) in [6.07, 6.45) is 8.60. The minimum absolute atomic E-state index is 0.369. The lowest BCUT2D eigenvalue weighted by molar-refractivity contribution is 0.0122. The van der Waals surface area contributed by atoms with Crippen molar-refractivity contribution in [2.24, 2.45) is 0 Å². The standard InChI is InChI=1S/C30H38N10O5/c1-30(2,3)45-29(41)32-6-8-42-10-12-44-13-11-43-9-7-39-20-26(37-38-39)24-19-33-27(15-25(24)36-23-4-5-23)40-28-22(18-35-40)14-21(16-31)17-34-28/h14-15,17-20,23H,4-13H2,1-3H3,(H,32,41)(H,33,36). The van der Waals surface area contributed by atoms with Crippen molar-refractivity contribution in [3.8, 4) is 23.1 Å². The van der Waals surface area contributed by atoms with Crippen molar-refractivity contribution in [3.63, 3.8) is 0 Å². The maximum absolute atomic E-state index is 11.6. The summed E-state index contributed by atoms with van der Waals surface area (Å²) in [5.74, 6) is 0.610. The van der Waals surface area contributed by atoms with Gasteiger partial charge in [0.15, 0.2) is 11.5 Å². The topological polar surface area (TPSA) is 176 Å². The molecule has 4 aromatic heterocycles. The van der Waals surface area contributed by atoms with Crippen LogP contribution in [-0.4, -0.2) is 98.7 Å². The first-order valence-corrected chi connectivity index (χ1v) is 14.9. The van der Waals surface area contributed by atoms with Crippen LogP contribution < -0.4 is 10.6 Å². The van der Waals surface area contributed by atoms with Gasteiger partial charge in [-0.2, -0.15) is 15.0 Å². The van der Waals surface area contributed by atoms with Gasteiger partial charge in [-0.25, -0.2) is 19.4 Å². The van der Waals surface area contributed by atoms with Crippen molar-refractivity contribution in [2.45, 2.75) is 51.8 Å². The number of hydrogen-bond donors (Lipinski definition) is 2. The maximum atomic E-state index is 11.6. The number of rotatable bonds is 16. The molecule has 1 fully saturated rings. The first-order chi connectivity index (χ1) is 21.8. The average molecular weight is 619 g/mol. The molecule has 0 radical (unpaired) electrons. The summed E-state index contributed by atoms with van der Waals surface area (Å²) in [5, 5.41) is 29.2. The number of aromatic nitrogens is 7. The van der Waals surface area contributed by atoms with Gasteiger partial charge in [-0.15, -0.1) is 5.10 Å². The van der Waals surface area contributed by atoms with Crippen molar-refractivity contribution in [3.05, 3.63) is 42.5 Å². The summed E-state index contributed by atoms with van der Waals surface area (Å²) >= 11 is 0. The van der Waals surface area contributed by atoms with Crippen LogP contribution in [0.1, 0.15) is 39.2 Å². The minimum Gasteiger partial charge on any atom is -0.444 e. The number of nitrogens with zero attached hydrogens (tertiary/aromatic N) is 8. The predicted molar refractivity (Wildman–Crippen MR) is 164 cm³/mol. The Hall–Kier alpha value is -4.65. The smallest absolute Gasteiger partial charge is 0.407 e. The van der Waals surface area contributed by atoms with Crippen LogP contribution in [0.2, 0.25) is 0 Å². The van der Waals surface area contributed by atoms with Crippen molar-refractivity contribution in [1.82, 2.24) is 40.1 Å². The van der Waals surface area contributed by atoms with Crippen LogP contribution in [0.15, 0.2) is 36.9 Å². The van der Waals surface area contributed by atoms with Gasteiger partial charge in [0, 0.05) is 47.7 Å². The van der Waals surface area contributed by atoms with Crippen molar-refractivity contribution in [2.75, 3.05) is 51.5 Å². The number of pyridine rings is 2. The van der Waals surface area contributed by atoms with Gasteiger partial charge >= 0.3 is 6.09 Å². The Bertz CT molecular complexity index is 1620. The van der Waals surface area contributed by atoms with E-state index in [0.717, 1.165) is 29.5 Å². The number of carbonyl (C=O) groups excluding carboxylic acids is 1. The SMILES string of the molecule is CC(C)(C)OC(=O)NCCOCCOCCOCCn1cc(-c2cnc(-n3ncc4cc(C#N)cnc43)cc2NC2CC2)nn1. The largest absolute Gasteiger partial charge is 0.444 e. The summed E-state index contributed by atoms with van der Waals surface area (Å²) in [6, 6.07) is 6.20. The van der Waals surface area contributed by atoms with Crippen LogP contribution >= 0.6 is 0 Å². The zero-order valence-electron chi connectivity index (χ0n) is 25.7. The summed E-state index contributed by atoms with van der Waals surface area (Å²) in [5.41, 5.74) is 3.01. The third-order valence-corrected chi connectivity index (χ3v) is 6.52. The molecular formula is C30H38N10O5. The maximum Gasteiger partial charge on any atom is 0.407 e. The minimum atomic E-state index is -0.523. The Morgan fingerprint density at radius 2 is 1.78 bits per heavy atom. The fourth-order valence-corrected chi connectivity index (χ4v) is 4.25. The third kappa shape index (κ3) is 9.42. The molecule has 15 heteroatoms. The molecule has 45 heavy (non-hydrogen) atoms. The van der Waals surface area contributed by atoms with Crippen LogP contribution in [0, 0.1) is 11.3 Å². The van der Waals surface area contributed by atoms with E-state index in [2.05, 4.69) is 42.1 Å². The number of nitrogens with one attached hydrogen (secondary N) is 2. The first kappa shape index (κ1) is 31.8. The molecule has 1 amide bonds. The van der Waals surface area contributed by atoms with Gasteiger partial charge in [0.05, 0.1) is 64.1 Å². The molecular weight excluding hydrogens is 580 g/mol. The van der Waals surface area contributed by atoms with Crippen molar-refractivity contribution >= 4 is 22.8 Å². The number of anilines is 1. The lowest BCUT2D eigenvalue weighted by atomic mass is 10.1. The van der Waals surface area contributed by atoms with Crippen LogP contribution in [0.5, 0.6) is 0 Å². The van der Waals surface area contributed by atoms with E-state index in [1.807, 2.05) is 33.0 Å². The van der Waals surface area contributed by atoms with Crippen molar-refractivity contribution < 1.29 is 23.7 Å². The fourth-order valence-electron chi connectivity index (χ4n) is 4.25. The molecule has 0 atom stereocenters. The number of nitriles is 1. The zero-order valence-corrected chi connectivity index (χ0v) is 25.7. The monoisotopic (exact) mass is 618 g/mol. The summed E-state index contributed by atoms with van der Waals surface area (Å²) < 4.78 is 25.2. The van der Waals surface area contributed by atoms with E-state index < -0.39 is 11.7 Å². The predicted octanol–water partition coefficient (Wildman–Crippen LogP) is 3.09. The van der Waals surface area contributed by atoms with E-state index >= 15 is 0 Å². The molecule has 1 saturated carbocycles. The molecule has 0 bridgehead atoms. The van der Waals surface area contributed by atoms with E-state index in [1.54, 1.807) is 27.8 Å². The van der Waals surface area contributed by atoms with Crippen LogP contribution in [-0.2, 0) is 25.5 Å². The number of alkyl carbamates (subject to hydrolysis) is 1. The third-order valence-electron chi connectivity index (χ3n) is 6.52. The first-order valence-electron chi connectivity index (χ1n) is 14.9. The van der Waals surface area contributed by atoms with Gasteiger partial charge in [0.2, 0.25) is 0 Å². The summed E-state index contributed by atoms with van der Waals surface area (Å²) in [7, 11) is 0. The van der Waals surface area contributed by atoms with Crippen LogP contribution in [0.4, 0.5) is 10.5 Å². The summed E-state index contributed by atoms with van der Waals surface area (Å²) in [6.45, 7) is 8.91. The van der Waals surface area contributed by atoms with Crippen LogP contribution in [0.3, 0.4) is 0 Å². The van der Waals surface area contributed by atoms with Gasteiger partial charge in [0.1, 0.15) is 17.4 Å². The van der Waals surface area contributed by atoms with Crippen LogP contribution in [0.25, 0.3) is 28.1 Å². The van der Waals surface area contributed by atoms with E-state index in [1.165, 1.54) is 6.20 Å². The van der Waals surface area contributed by atoms with E-state index in [-0.39, 0.29) is 0 Å². The molecule has 0 unspecified atom stereocenters. The zero-order chi connectivity index (χ0) is 31.6. The quantitative estimate of drug-likeness (QED) is 0.176. The molecule has 1 aliphatic carbocycles. The molecule has 0 spiro atoms. The Labute approximate surface area is 260 Å². The molecule has 1 aliphatic rings. The highest BCUT2D eigenvalue weighted by Crippen LogP contribution is 2.32. The molecule has 4 aromatic rings. The van der Waals surface area contributed by atoms with E-state index in [9.17, 15) is 4.79 Å². The Morgan fingerprint density at radius 1 is 1.02 bits per heavy atom. The fraction of sp³-hybridized carbons (Fsp3) is 0.500. The number of carbonyl (C=O) groups is 1. The number of hydrogen-bond acceptors (Lipinski definition) is 12. The van der Waals surface area contributed by atoms with Gasteiger partial charge in [-0.1, -0.05) is 5.21 Å². The molecule has 15 nitrogen and oxygen atoms in total. The molecule has 4 heterocycles. The Kier molecular flexibility index (Phi) is 10.5. The van der Waals surface area contributed by atoms with Gasteiger partial charge in [0.25, 0.3) is 0 Å². The Morgan fingerprint density at radius 3 is 2.51 bits per heavy atom. The molecule has 0 aliphatic heterocycles. The molecule has 0 aromatic carbocycles. The normalized spacial score (nSPS) is 13.1. The second kappa shape index (κ2) is 14.9. The molecule has 2 N–H and O–H groups in total. The number of ether oxygens (including phenoxy) is 4. The highest BCUT2D eigenvalue weighted by atomic mass is 16.6. The second-order valence-corrected chi connectivity index (χ2v) is 11.4.